The van der Waals surface area contributed by atoms with Crippen LogP contribution in [0.3, 0.4) is 0 Å². The zero-order valence-corrected chi connectivity index (χ0v) is 17.2. The molecule has 26 heavy (non-hydrogen) atoms. The highest BCUT2D eigenvalue weighted by molar-refractivity contribution is 7.89. The molecule has 0 unspecified atom stereocenters. The van der Waals surface area contributed by atoms with Gasteiger partial charge in [-0.25, -0.2) is 13.1 Å². The Morgan fingerprint density at radius 3 is 2.46 bits per heavy atom. The number of benzene rings is 1. The Bertz CT molecular complexity index is 844. The molecule has 2 rings (SSSR count). The molecule has 2 aromatic rings. The lowest BCUT2D eigenvalue weighted by atomic mass is 10.0. The van der Waals surface area contributed by atoms with E-state index in [0.29, 0.717) is 0 Å². The third-order valence-corrected chi connectivity index (χ3v) is 6.68. The Hall–Kier alpha value is -1.70. The van der Waals surface area contributed by atoms with E-state index >= 15 is 0 Å². The van der Waals surface area contributed by atoms with Crippen molar-refractivity contribution in [2.45, 2.75) is 45.1 Å². The quantitative estimate of drug-likeness (QED) is 0.719. The SMILES string of the molecule is Cc1ccc(S(=O)(=O)NCCC(=O)N[C@@H](c2cccs2)C(C)C)cc1C. The van der Waals surface area contributed by atoms with Gasteiger partial charge in [0.05, 0.1) is 10.9 Å². The number of nitrogens with one attached hydrogen (secondary N) is 2. The number of carbonyl (C=O) groups excluding carboxylic acids is 1. The van der Waals surface area contributed by atoms with E-state index in [1.165, 1.54) is 0 Å². The molecule has 2 N–H and O–H groups in total. The average Bonchev–Trinajstić information content (AvgIpc) is 3.08. The maximum Gasteiger partial charge on any atom is 0.240 e. The summed E-state index contributed by atoms with van der Waals surface area (Å²) in [7, 11) is -3.61. The minimum Gasteiger partial charge on any atom is -0.348 e. The van der Waals surface area contributed by atoms with Gasteiger partial charge in [0, 0.05) is 17.8 Å². The largest absolute Gasteiger partial charge is 0.348 e. The van der Waals surface area contributed by atoms with Crippen LogP contribution < -0.4 is 10.0 Å². The number of carbonyl (C=O) groups is 1. The summed E-state index contributed by atoms with van der Waals surface area (Å²) in [5.41, 5.74) is 1.96. The smallest absolute Gasteiger partial charge is 0.240 e. The first-order valence-corrected chi connectivity index (χ1v) is 11.0. The predicted molar refractivity (Wildman–Crippen MR) is 106 cm³/mol. The summed E-state index contributed by atoms with van der Waals surface area (Å²) in [6, 6.07) is 8.90. The van der Waals surface area contributed by atoms with Crippen molar-refractivity contribution in [2.75, 3.05) is 6.54 Å². The van der Waals surface area contributed by atoms with Crippen LogP contribution in [-0.4, -0.2) is 20.9 Å². The van der Waals surface area contributed by atoms with Crippen molar-refractivity contribution in [3.63, 3.8) is 0 Å². The zero-order chi connectivity index (χ0) is 19.3. The number of hydrogen-bond acceptors (Lipinski definition) is 4. The van der Waals surface area contributed by atoms with E-state index in [2.05, 4.69) is 10.0 Å². The lowest BCUT2D eigenvalue weighted by Gasteiger charge is -2.21. The Morgan fingerprint density at radius 2 is 1.88 bits per heavy atom. The molecule has 0 aliphatic rings. The Labute approximate surface area is 159 Å². The second-order valence-electron chi connectivity index (χ2n) is 6.70. The molecular formula is C19H26N2O3S2. The third kappa shape index (κ3) is 5.40. The molecule has 5 nitrogen and oxygen atoms in total. The first-order chi connectivity index (χ1) is 12.2. The summed E-state index contributed by atoms with van der Waals surface area (Å²) in [6.07, 6.45) is 0.0959. The van der Waals surface area contributed by atoms with E-state index in [1.54, 1.807) is 29.5 Å². The van der Waals surface area contributed by atoms with E-state index in [4.69, 9.17) is 0 Å². The maximum atomic E-state index is 12.4. The lowest BCUT2D eigenvalue weighted by molar-refractivity contribution is -0.122. The number of hydrogen-bond donors (Lipinski definition) is 2. The highest BCUT2D eigenvalue weighted by atomic mass is 32.2. The van der Waals surface area contributed by atoms with E-state index in [0.717, 1.165) is 16.0 Å². The van der Waals surface area contributed by atoms with Gasteiger partial charge in [-0.1, -0.05) is 26.0 Å². The summed E-state index contributed by atoms with van der Waals surface area (Å²) >= 11 is 1.60. The molecule has 1 amide bonds. The minimum atomic E-state index is -3.61. The Morgan fingerprint density at radius 1 is 1.15 bits per heavy atom. The van der Waals surface area contributed by atoms with Crippen molar-refractivity contribution in [3.05, 3.63) is 51.7 Å². The highest BCUT2D eigenvalue weighted by Gasteiger charge is 2.20. The molecule has 0 spiro atoms. The van der Waals surface area contributed by atoms with E-state index in [-0.39, 0.29) is 35.7 Å². The molecular weight excluding hydrogens is 368 g/mol. The predicted octanol–water partition coefficient (Wildman–Crippen LogP) is 3.55. The first kappa shape index (κ1) is 20.6. The van der Waals surface area contributed by atoms with Gasteiger partial charge in [0.25, 0.3) is 0 Å². The van der Waals surface area contributed by atoms with E-state index in [9.17, 15) is 13.2 Å². The first-order valence-electron chi connectivity index (χ1n) is 8.60. The van der Waals surface area contributed by atoms with Crippen molar-refractivity contribution in [1.29, 1.82) is 0 Å². The maximum absolute atomic E-state index is 12.4. The molecule has 0 aliphatic heterocycles. The third-order valence-electron chi connectivity index (χ3n) is 4.27. The second-order valence-corrected chi connectivity index (χ2v) is 9.44. The molecule has 1 aromatic heterocycles. The summed E-state index contributed by atoms with van der Waals surface area (Å²) in [4.78, 5) is 13.6. The van der Waals surface area contributed by atoms with Gasteiger partial charge in [0.2, 0.25) is 15.9 Å². The van der Waals surface area contributed by atoms with Gasteiger partial charge in [-0.3, -0.25) is 4.79 Å². The van der Waals surface area contributed by atoms with Gasteiger partial charge in [0.15, 0.2) is 0 Å². The number of aryl methyl sites for hydroxylation is 2. The molecule has 0 bridgehead atoms. The van der Waals surface area contributed by atoms with Gasteiger partial charge >= 0.3 is 0 Å². The van der Waals surface area contributed by atoms with Gasteiger partial charge in [-0.05, 0) is 54.5 Å². The molecule has 0 saturated carbocycles. The molecule has 0 fully saturated rings. The van der Waals surface area contributed by atoms with Gasteiger partial charge in [0.1, 0.15) is 0 Å². The minimum absolute atomic E-state index is 0.0566. The summed E-state index contributed by atoms with van der Waals surface area (Å²) < 4.78 is 27.2. The van der Waals surface area contributed by atoms with Crippen molar-refractivity contribution in [3.8, 4) is 0 Å². The molecule has 7 heteroatoms. The normalized spacial score (nSPS) is 13.0. The van der Waals surface area contributed by atoms with Crippen molar-refractivity contribution < 1.29 is 13.2 Å². The fourth-order valence-electron chi connectivity index (χ4n) is 2.54. The average molecular weight is 395 g/mol. The molecule has 0 saturated heterocycles. The molecule has 0 aliphatic carbocycles. The summed E-state index contributed by atoms with van der Waals surface area (Å²) in [5.74, 6) is 0.0877. The van der Waals surface area contributed by atoms with Crippen LogP contribution in [0, 0.1) is 19.8 Å². The Kier molecular flexibility index (Phi) is 6.97. The molecule has 142 valence electrons. The van der Waals surface area contributed by atoms with E-state index in [1.807, 2.05) is 45.2 Å². The molecule has 0 radical (unpaired) electrons. The van der Waals surface area contributed by atoms with Crippen LogP contribution in [0.5, 0.6) is 0 Å². The van der Waals surface area contributed by atoms with Gasteiger partial charge in [-0.2, -0.15) is 0 Å². The lowest BCUT2D eigenvalue weighted by Crippen LogP contribution is -2.34. The Balaban J connectivity index is 1.91. The van der Waals surface area contributed by atoms with Gasteiger partial charge in [-0.15, -0.1) is 11.3 Å². The summed E-state index contributed by atoms with van der Waals surface area (Å²) in [5, 5.41) is 4.98. The van der Waals surface area contributed by atoms with Crippen LogP contribution >= 0.6 is 11.3 Å². The van der Waals surface area contributed by atoms with Crippen LogP contribution in [0.25, 0.3) is 0 Å². The summed E-state index contributed by atoms with van der Waals surface area (Å²) in [6.45, 7) is 7.97. The topological polar surface area (TPSA) is 75.3 Å². The monoisotopic (exact) mass is 394 g/mol. The zero-order valence-electron chi connectivity index (χ0n) is 15.6. The van der Waals surface area contributed by atoms with Crippen molar-refractivity contribution in [1.82, 2.24) is 10.0 Å². The van der Waals surface area contributed by atoms with E-state index < -0.39 is 10.0 Å². The fourth-order valence-corrected chi connectivity index (χ4v) is 4.61. The number of sulfonamides is 1. The van der Waals surface area contributed by atoms with Crippen molar-refractivity contribution in [2.24, 2.45) is 5.92 Å². The number of rotatable bonds is 8. The highest BCUT2D eigenvalue weighted by Crippen LogP contribution is 2.25. The van der Waals surface area contributed by atoms with Crippen molar-refractivity contribution >= 4 is 27.3 Å². The van der Waals surface area contributed by atoms with Crippen LogP contribution in [0.15, 0.2) is 40.6 Å². The second kappa shape index (κ2) is 8.79. The van der Waals surface area contributed by atoms with Crippen LogP contribution in [0.4, 0.5) is 0 Å². The molecule has 1 atom stereocenters. The number of thiophene rings is 1. The van der Waals surface area contributed by atoms with Crippen LogP contribution in [-0.2, 0) is 14.8 Å². The fraction of sp³-hybridized carbons (Fsp3) is 0.421. The van der Waals surface area contributed by atoms with Crippen LogP contribution in [0.2, 0.25) is 0 Å². The van der Waals surface area contributed by atoms with Crippen LogP contribution in [0.1, 0.15) is 42.3 Å². The standard InChI is InChI=1S/C19H26N2O3S2/c1-13(2)19(17-6-5-11-25-17)21-18(22)9-10-20-26(23,24)16-8-7-14(3)15(4)12-16/h5-8,11-13,19-20H,9-10H2,1-4H3,(H,21,22)/t19-/m1/s1. The molecule has 1 aromatic carbocycles. The molecule has 1 heterocycles. The number of amides is 1. The van der Waals surface area contributed by atoms with Gasteiger partial charge < -0.3 is 5.32 Å².